The van der Waals surface area contributed by atoms with E-state index in [-0.39, 0.29) is 0 Å². The molecular weight excluding hydrogens is 354 g/mol. The predicted molar refractivity (Wildman–Crippen MR) is 108 cm³/mol. The molecule has 1 N–H and O–H groups in total. The first-order valence-corrected chi connectivity index (χ1v) is 9.62. The zero-order valence-corrected chi connectivity index (χ0v) is 15.8. The average molecular weight is 379 g/mol. The number of ether oxygens (including phenoxy) is 3. The van der Waals surface area contributed by atoms with Gasteiger partial charge in [0.15, 0.2) is 0 Å². The van der Waals surface area contributed by atoms with Crippen LogP contribution < -0.4 is 9.47 Å². The lowest BCUT2D eigenvalue weighted by Crippen LogP contribution is -2.38. The van der Waals surface area contributed by atoms with Gasteiger partial charge in [-0.2, -0.15) is 0 Å². The first-order chi connectivity index (χ1) is 13.9. The summed E-state index contributed by atoms with van der Waals surface area (Å²) >= 11 is 0. The second-order valence-corrected chi connectivity index (χ2v) is 6.66. The van der Waals surface area contributed by atoms with E-state index in [4.69, 9.17) is 14.2 Å². The summed E-state index contributed by atoms with van der Waals surface area (Å²) in [6.45, 7) is 5.62. The lowest BCUT2D eigenvalue weighted by atomic mass is 10.2. The Morgan fingerprint density at radius 2 is 1.68 bits per heavy atom. The average Bonchev–Trinajstić information content (AvgIpc) is 3.23. The number of morpholine rings is 1. The summed E-state index contributed by atoms with van der Waals surface area (Å²) in [5.41, 5.74) is 1.94. The van der Waals surface area contributed by atoms with E-state index in [1.165, 1.54) is 0 Å². The third kappa shape index (κ3) is 5.12. The molecule has 1 fully saturated rings. The van der Waals surface area contributed by atoms with E-state index in [0.717, 1.165) is 61.4 Å². The highest BCUT2D eigenvalue weighted by Gasteiger charge is 2.10. The molecule has 0 saturated carbocycles. The molecule has 28 heavy (non-hydrogen) atoms. The molecule has 1 saturated heterocycles. The molecule has 4 rings (SSSR count). The third-order valence-corrected chi connectivity index (χ3v) is 4.68. The van der Waals surface area contributed by atoms with Crippen LogP contribution in [-0.4, -0.2) is 54.3 Å². The Kier molecular flexibility index (Phi) is 6.22. The minimum absolute atomic E-state index is 0.409. The summed E-state index contributed by atoms with van der Waals surface area (Å²) < 4.78 is 17.0. The van der Waals surface area contributed by atoms with Gasteiger partial charge in [-0.1, -0.05) is 18.2 Å². The Labute approximate surface area is 165 Å². The molecule has 146 valence electrons. The highest BCUT2D eigenvalue weighted by Crippen LogP contribution is 2.21. The van der Waals surface area contributed by atoms with Crippen LogP contribution in [0.25, 0.3) is 11.3 Å². The van der Waals surface area contributed by atoms with Crippen molar-refractivity contribution in [3.63, 3.8) is 0 Å². The van der Waals surface area contributed by atoms with E-state index in [1.807, 2.05) is 60.8 Å². The number of aromatic amines is 1. The molecule has 2 aromatic carbocycles. The summed E-state index contributed by atoms with van der Waals surface area (Å²) in [5, 5.41) is 0. The Hall–Kier alpha value is -2.83. The van der Waals surface area contributed by atoms with Gasteiger partial charge in [-0.3, -0.25) is 4.90 Å². The van der Waals surface area contributed by atoms with Gasteiger partial charge in [-0.05, 0) is 36.4 Å². The van der Waals surface area contributed by atoms with Gasteiger partial charge in [0.1, 0.15) is 30.5 Å². The van der Waals surface area contributed by atoms with Crippen LogP contribution in [-0.2, 0) is 11.3 Å². The fraction of sp³-hybridized carbons (Fsp3) is 0.318. The molecule has 0 bridgehead atoms. The first-order valence-electron chi connectivity index (χ1n) is 9.62. The van der Waals surface area contributed by atoms with E-state index in [1.54, 1.807) is 0 Å². The van der Waals surface area contributed by atoms with Crippen LogP contribution in [0.2, 0.25) is 0 Å². The number of nitrogens with one attached hydrogen (secondary N) is 1. The molecule has 0 spiro atoms. The van der Waals surface area contributed by atoms with E-state index in [0.29, 0.717) is 13.2 Å². The highest BCUT2D eigenvalue weighted by molar-refractivity contribution is 5.59. The number of hydrogen-bond acceptors (Lipinski definition) is 5. The Morgan fingerprint density at radius 1 is 0.929 bits per heavy atom. The molecule has 0 amide bonds. The van der Waals surface area contributed by atoms with Crippen molar-refractivity contribution in [2.24, 2.45) is 0 Å². The molecule has 3 aromatic rings. The van der Waals surface area contributed by atoms with Crippen molar-refractivity contribution in [1.29, 1.82) is 0 Å². The molecular formula is C22H25N3O3. The van der Waals surface area contributed by atoms with Crippen molar-refractivity contribution in [3.8, 4) is 22.8 Å². The molecule has 0 atom stereocenters. The van der Waals surface area contributed by atoms with Crippen LogP contribution in [0.5, 0.6) is 11.5 Å². The zero-order chi connectivity index (χ0) is 19.0. The zero-order valence-electron chi connectivity index (χ0n) is 15.8. The first kappa shape index (κ1) is 18.5. The van der Waals surface area contributed by atoms with Gasteiger partial charge < -0.3 is 19.2 Å². The maximum atomic E-state index is 5.86. The fourth-order valence-electron chi connectivity index (χ4n) is 3.09. The largest absolute Gasteiger partial charge is 0.492 e. The predicted octanol–water partition coefficient (Wildman–Crippen LogP) is 3.37. The minimum atomic E-state index is 0.409. The summed E-state index contributed by atoms with van der Waals surface area (Å²) in [6.07, 6.45) is 1.90. The third-order valence-electron chi connectivity index (χ3n) is 4.68. The molecule has 0 aliphatic carbocycles. The maximum absolute atomic E-state index is 5.86. The SMILES string of the molecule is c1ccc(OCc2nc(-c3ccc(OCCN4CCOCC4)cc3)c[nH]2)cc1. The van der Waals surface area contributed by atoms with Crippen LogP contribution in [0.1, 0.15) is 5.82 Å². The van der Waals surface area contributed by atoms with Crippen LogP contribution in [0.3, 0.4) is 0 Å². The van der Waals surface area contributed by atoms with Crippen LogP contribution >= 0.6 is 0 Å². The summed E-state index contributed by atoms with van der Waals surface area (Å²) in [5.74, 6) is 2.50. The molecule has 2 heterocycles. The summed E-state index contributed by atoms with van der Waals surface area (Å²) in [6, 6.07) is 17.8. The Balaban J connectivity index is 1.27. The number of H-pyrrole nitrogens is 1. The smallest absolute Gasteiger partial charge is 0.146 e. The Morgan fingerprint density at radius 3 is 2.46 bits per heavy atom. The minimum Gasteiger partial charge on any atom is -0.492 e. The van der Waals surface area contributed by atoms with Gasteiger partial charge in [-0.15, -0.1) is 0 Å². The molecule has 6 heteroatoms. The van der Waals surface area contributed by atoms with Gasteiger partial charge in [0.2, 0.25) is 0 Å². The van der Waals surface area contributed by atoms with Gasteiger partial charge in [-0.25, -0.2) is 4.98 Å². The molecule has 1 aliphatic rings. The van der Waals surface area contributed by atoms with Crippen molar-refractivity contribution in [1.82, 2.24) is 14.9 Å². The number of nitrogens with zero attached hydrogens (tertiary/aromatic N) is 2. The molecule has 1 aliphatic heterocycles. The quantitative estimate of drug-likeness (QED) is 0.650. The number of benzene rings is 2. The summed E-state index contributed by atoms with van der Waals surface area (Å²) in [7, 11) is 0. The number of para-hydroxylation sites is 1. The molecule has 0 radical (unpaired) electrons. The Bertz CT molecular complexity index is 843. The molecule has 1 aromatic heterocycles. The lowest BCUT2D eigenvalue weighted by Gasteiger charge is -2.26. The van der Waals surface area contributed by atoms with E-state index < -0.39 is 0 Å². The van der Waals surface area contributed by atoms with E-state index >= 15 is 0 Å². The van der Waals surface area contributed by atoms with Gasteiger partial charge in [0, 0.05) is 31.4 Å². The second kappa shape index (κ2) is 9.39. The van der Waals surface area contributed by atoms with Crippen molar-refractivity contribution < 1.29 is 14.2 Å². The lowest BCUT2D eigenvalue weighted by molar-refractivity contribution is 0.0322. The highest BCUT2D eigenvalue weighted by atomic mass is 16.5. The number of imidazole rings is 1. The van der Waals surface area contributed by atoms with Crippen LogP contribution in [0.4, 0.5) is 0 Å². The number of hydrogen-bond donors (Lipinski definition) is 1. The van der Waals surface area contributed by atoms with Crippen molar-refractivity contribution >= 4 is 0 Å². The standard InChI is InChI=1S/C22H25N3O3/c1-2-4-19(5-3-1)28-17-22-23-16-21(24-22)18-6-8-20(9-7-18)27-15-12-25-10-13-26-14-11-25/h1-9,16H,10-15,17H2,(H,23,24). The van der Waals surface area contributed by atoms with Crippen molar-refractivity contribution in [2.45, 2.75) is 6.61 Å². The molecule has 6 nitrogen and oxygen atoms in total. The van der Waals surface area contributed by atoms with Crippen LogP contribution in [0, 0.1) is 0 Å². The van der Waals surface area contributed by atoms with Gasteiger partial charge in [0.25, 0.3) is 0 Å². The maximum Gasteiger partial charge on any atom is 0.146 e. The van der Waals surface area contributed by atoms with Crippen LogP contribution in [0.15, 0.2) is 60.8 Å². The summed E-state index contributed by atoms with van der Waals surface area (Å²) in [4.78, 5) is 10.1. The van der Waals surface area contributed by atoms with Gasteiger partial charge >= 0.3 is 0 Å². The van der Waals surface area contributed by atoms with E-state index in [2.05, 4.69) is 14.9 Å². The normalized spacial score (nSPS) is 14.7. The monoisotopic (exact) mass is 379 g/mol. The topological polar surface area (TPSA) is 59.6 Å². The molecule has 0 unspecified atom stereocenters. The number of aromatic nitrogens is 2. The number of rotatable bonds is 8. The fourth-order valence-corrected chi connectivity index (χ4v) is 3.09. The second-order valence-electron chi connectivity index (χ2n) is 6.66. The van der Waals surface area contributed by atoms with Gasteiger partial charge in [0.05, 0.1) is 18.9 Å². The van der Waals surface area contributed by atoms with E-state index in [9.17, 15) is 0 Å². The van der Waals surface area contributed by atoms with Crippen molar-refractivity contribution in [3.05, 3.63) is 66.6 Å². The van der Waals surface area contributed by atoms with Crippen molar-refractivity contribution in [2.75, 3.05) is 39.5 Å².